The van der Waals surface area contributed by atoms with E-state index >= 15 is 0 Å². The Kier molecular flexibility index (Phi) is 6.84. The summed E-state index contributed by atoms with van der Waals surface area (Å²) in [4.78, 5) is 0. The lowest BCUT2D eigenvalue weighted by Crippen LogP contribution is -1.88. The lowest BCUT2D eigenvalue weighted by molar-refractivity contribution is 0.588. The van der Waals surface area contributed by atoms with Crippen LogP contribution in [-0.4, -0.2) is 0 Å². The number of allylic oxidation sites excluding steroid dienone is 4. The lowest BCUT2D eigenvalue weighted by Gasteiger charge is -2.04. The van der Waals surface area contributed by atoms with Crippen LogP contribution >= 0.6 is 0 Å². The second kappa shape index (κ2) is 7.15. The van der Waals surface area contributed by atoms with Crippen LogP contribution in [0.15, 0.2) is 23.8 Å². The van der Waals surface area contributed by atoms with Crippen molar-refractivity contribution in [1.29, 1.82) is 0 Å². The summed E-state index contributed by atoms with van der Waals surface area (Å²) in [5, 5.41) is 0. The van der Waals surface area contributed by atoms with Crippen LogP contribution in [0.25, 0.3) is 0 Å². The highest BCUT2D eigenvalue weighted by Gasteiger charge is 1.95. The minimum absolute atomic E-state index is 0.815. The standard InChI is InChI=1S/C12H22/c1-5-7-8-12(6-2)10-9-11(3)4/h6-8,11H,5,9-10H2,1-4H3/b8-7-,12-6+. The van der Waals surface area contributed by atoms with E-state index in [1.807, 2.05) is 0 Å². The molecule has 0 heterocycles. The highest BCUT2D eigenvalue weighted by Crippen LogP contribution is 2.12. The Bertz CT molecular complexity index is 149. The largest absolute Gasteiger partial charge is 0.0845 e. The number of hydrogen-bond acceptors (Lipinski definition) is 0. The molecular weight excluding hydrogens is 144 g/mol. The van der Waals surface area contributed by atoms with Gasteiger partial charge in [0.05, 0.1) is 0 Å². The quantitative estimate of drug-likeness (QED) is 0.533. The van der Waals surface area contributed by atoms with Gasteiger partial charge in [0.15, 0.2) is 0 Å². The third-order valence-electron chi connectivity index (χ3n) is 1.95. The topological polar surface area (TPSA) is 0 Å². The van der Waals surface area contributed by atoms with Crippen molar-refractivity contribution in [2.45, 2.75) is 47.0 Å². The molecular formula is C12H22. The van der Waals surface area contributed by atoms with E-state index in [2.05, 4.69) is 45.9 Å². The van der Waals surface area contributed by atoms with Gasteiger partial charge in [-0.1, -0.05) is 44.6 Å². The van der Waals surface area contributed by atoms with Gasteiger partial charge in [-0.25, -0.2) is 0 Å². The van der Waals surface area contributed by atoms with E-state index in [0.717, 1.165) is 12.3 Å². The summed E-state index contributed by atoms with van der Waals surface area (Å²) in [6, 6.07) is 0. The molecule has 0 aromatic heterocycles. The van der Waals surface area contributed by atoms with E-state index in [0.29, 0.717) is 0 Å². The van der Waals surface area contributed by atoms with Crippen LogP contribution in [0.4, 0.5) is 0 Å². The molecule has 70 valence electrons. The van der Waals surface area contributed by atoms with Crippen LogP contribution in [0.2, 0.25) is 0 Å². The highest BCUT2D eigenvalue weighted by atomic mass is 14.0. The maximum Gasteiger partial charge on any atom is -0.0280 e. The second-order valence-electron chi connectivity index (χ2n) is 3.61. The van der Waals surface area contributed by atoms with Gasteiger partial charge < -0.3 is 0 Å². The average Bonchev–Trinajstić information content (AvgIpc) is 2.05. The van der Waals surface area contributed by atoms with Crippen molar-refractivity contribution in [2.75, 3.05) is 0 Å². The van der Waals surface area contributed by atoms with Gasteiger partial charge in [-0.15, -0.1) is 0 Å². The molecule has 0 aromatic carbocycles. The monoisotopic (exact) mass is 166 g/mol. The molecule has 0 aromatic rings. The molecule has 0 aliphatic rings. The van der Waals surface area contributed by atoms with Crippen molar-refractivity contribution in [2.24, 2.45) is 5.92 Å². The zero-order valence-corrected chi connectivity index (χ0v) is 8.93. The molecule has 0 nitrogen and oxygen atoms in total. The normalized spacial score (nSPS) is 13.2. The fourth-order valence-corrected chi connectivity index (χ4v) is 1.05. The van der Waals surface area contributed by atoms with Crippen molar-refractivity contribution >= 4 is 0 Å². The molecule has 0 unspecified atom stereocenters. The summed E-state index contributed by atoms with van der Waals surface area (Å²) in [7, 11) is 0. The molecule has 0 rings (SSSR count). The van der Waals surface area contributed by atoms with Crippen molar-refractivity contribution in [3.8, 4) is 0 Å². The zero-order chi connectivity index (χ0) is 9.40. The smallest absolute Gasteiger partial charge is 0.0280 e. The molecule has 0 atom stereocenters. The second-order valence-corrected chi connectivity index (χ2v) is 3.61. The summed E-state index contributed by atoms with van der Waals surface area (Å²) in [6.07, 6.45) is 10.4. The first kappa shape index (κ1) is 11.5. The first-order valence-electron chi connectivity index (χ1n) is 5.02. The van der Waals surface area contributed by atoms with Crippen LogP contribution in [0.3, 0.4) is 0 Å². The van der Waals surface area contributed by atoms with Crippen molar-refractivity contribution < 1.29 is 0 Å². The van der Waals surface area contributed by atoms with E-state index < -0.39 is 0 Å². The van der Waals surface area contributed by atoms with Gasteiger partial charge in [-0.2, -0.15) is 0 Å². The summed E-state index contributed by atoms with van der Waals surface area (Å²) in [5.74, 6) is 0.815. The predicted octanol–water partition coefficient (Wildman–Crippen LogP) is 4.34. The van der Waals surface area contributed by atoms with E-state index in [9.17, 15) is 0 Å². The van der Waals surface area contributed by atoms with Gasteiger partial charge in [-0.3, -0.25) is 0 Å². The zero-order valence-electron chi connectivity index (χ0n) is 8.93. The molecule has 0 spiro atoms. The molecule has 0 saturated heterocycles. The molecule has 0 heteroatoms. The van der Waals surface area contributed by atoms with Crippen molar-refractivity contribution in [3.63, 3.8) is 0 Å². The van der Waals surface area contributed by atoms with Crippen LogP contribution in [-0.2, 0) is 0 Å². The Morgan fingerprint density at radius 3 is 2.42 bits per heavy atom. The molecule has 0 radical (unpaired) electrons. The van der Waals surface area contributed by atoms with E-state index in [1.165, 1.54) is 18.4 Å². The van der Waals surface area contributed by atoms with Crippen LogP contribution < -0.4 is 0 Å². The third kappa shape index (κ3) is 6.21. The van der Waals surface area contributed by atoms with Gasteiger partial charge in [-0.05, 0) is 32.1 Å². The van der Waals surface area contributed by atoms with Crippen molar-refractivity contribution in [3.05, 3.63) is 23.8 Å². The first-order valence-corrected chi connectivity index (χ1v) is 5.02. The SMILES string of the molecule is C/C=C(\C=C/CC)CCC(C)C. The summed E-state index contributed by atoms with van der Waals surface area (Å²) >= 11 is 0. The highest BCUT2D eigenvalue weighted by molar-refractivity contribution is 5.17. The molecule has 0 N–H and O–H groups in total. The first-order chi connectivity index (χ1) is 5.70. The molecule has 0 aliphatic carbocycles. The Morgan fingerprint density at radius 2 is 2.00 bits per heavy atom. The molecule has 0 saturated carbocycles. The van der Waals surface area contributed by atoms with Gasteiger partial charge in [0.1, 0.15) is 0 Å². The Balaban J connectivity index is 3.77. The van der Waals surface area contributed by atoms with Gasteiger partial charge in [0, 0.05) is 0 Å². The number of hydrogen-bond donors (Lipinski definition) is 0. The predicted molar refractivity (Wildman–Crippen MR) is 57.3 cm³/mol. The van der Waals surface area contributed by atoms with Crippen LogP contribution in [0.5, 0.6) is 0 Å². The van der Waals surface area contributed by atoms with Crippen molar-refractivity contribution in [1.82, 2.24) is 0 Å². The molecule has 12 heavy (non-hydrogen) atoms. The Hall–Kier alpha value is -0.520. The third-order valence-corrected chi connectivity index (χ3v) is 1.95. The fourth-order valence-electron chi connectivity index (χ4n) is 1.05. The van der Waals surface area contributed by atoms with Gasteiger partial charge in [0.25, 0.3) is 0 Å². The fraction of sp³-hybridized carbons (Fsp3) is 0.667. The van der Waals surface area contributed by atoms with Crippen LogP contribution in [0.1, 0.15) is 47.0 Å². The molecule has 0 bridgehead atoms. The lowest BCUT2D eigenvalue weighted by atomic mass is 10.0. The molecule has 0 fully saturated rings. The maximum absolute atomic E-state index is 2.27. The summed E-state index contributed by atoms with van der Waals surface area (Å²) in [5.41, 5.74) is 1.48. The molecule has 0 amide bonds. The minimum atomic E-state index is 0.815. The van der Waals surface area contributed by atoms with E-state index in [4.69, 9.17) is 0 Å². The van der Waals surface area contributed by atoms with E-state index in [1.54, 1.807) is 0 Å². The minimum Gasteiger partial charge on any atom is -0.0845 e. The average molecular weight is 166 g/mol. The molecule has 0 aliphatic heterocycles. The van der Waals surface area contributed by atoms with Crippen LogP contribution in [0, 0.1) is 5.92 Å². The summed E-state index contributed by atoms with van der Waals surface area (Å²) < 4.78 is 0. The Morgan fingerprint density at radius 1 is 1.33 bits per heavy atom. The number of rotatable bonds is 5. The Labute approximate surface area is 77.4 Å². The summed E-state index contributed by atoms with van der Waals surface area (Å²) in [6.45, 7) is 8.84. The van der Waals surface area contributed by atoms with E-state index in [-0.39, 0.29) is 0 Å². The van der Waals surface area contributed by atoms with Gasteiger partial charge >= 0.3 is 0 Å². The maximum atomic E-state index is 2.27. The van der Waals surface area contributed by atoms with Gasteiger partial charge in [0.2, 0.25) is 0 Å².